The molecule has 1 heterocycles. The number of pyridine rings is 1. The van der Waals surface area contributed by atoms with Gasteiger partial charge < -0.3 is 9.72 Å². The van der Waals surface area contributed by atoms with Crippen LogP contribution in [0.3, 0.4) is 0 Å². The van der Waals surface area contributed by atoms with Crippen molar-refractivity contribution in [2.75, 3.05) is 7.11 Å². The lowest BCUT2D eigenvalue weighted by Crippen LogP contribution is -2.21. The van der Waals surface area contributed by atoms with Crippen molar-refractivity contribution in [2.45, 2.75) is 37.5 Å². The average Bonchev–Trinajstić information content (AvgIpc) is 3.19. The summed E-state index contributed by atoms with van der Waals surface area (Å²) in [7, 11) is 1.31. The number of ether oxygens (including phenoxy) is 1. The summed E-state index contributed by atoms with van der Waals surface area (Å²) in [6.45, 7) is 0. The average molecular weight is 233 g/mol. The Morgan fingerprint density at radius 2 is 1.94 bits per heavy atom. The lowest BCUT2D eigenvalue weighted by molar-refractivity contribution is 0.0597. The van der Waals surface area contributed by atoms with Crippen molar-refractivity contribution in [1.82, 2.24) is 4.98 Å². The smallest absolute Gasteiger partial charge is 0.343 e. The van der Waals surface area contributed by atoms with Gasteiger partial charge in [-0.2, -0.15) is 0 Å². The highest BCUT2D eigenvalue weighted by Crippen LogP contribution is 2.43. The Kier molecular flexibility index (Phi) is 2.31. The molecule has 1 N–H and O–H groups in total. The van der Waals surface area contributed by atoms with Gasteiger partial charge in [0, 0.05) is 23.4 Å². The van der Waals surface area contributed by atoms with Crippen LogP contribution in [0.1, 0.15) is 59.3 Å². The van der Waals surface area contributed by atoms with Gasteiger partial charge in [0.1, 0.15) is 5.56 Å². The van der Waals surface area contributed by atoms with Gasteiger partial charge in [-0.25, -0.2) is 4.79 Å². The van der Waals surface area contributed by atoms with Crippen LogP contribution in [0, 0.1) is 0 Å². The number of esters is 1. The number of hydrogen-bond donors (Lipinski definition) is 1. The van der Waals surface area contributed by atoms with E-state index in [0.717, 1.165) is 37.1 Å². The van der Waals surface area contributed by atoms with E-state index in [1.54, 1.807) is 6.07 Å². The van der Waals surface area contributed by atoms with Crippen molar-refractivity contribution < 1.29 is 9.53 Å². The number of H-pyrrole nitrogens is 1. The molecule has 0 radical (unpaired) electrons. The maximum atomic E-state index is 12.0. The molecule has 1 aromatic heterocycles. The Bertz CT molecular complexity index is 524. The second-order valence-electron chi connectivity index (χ2n) is 4.92. The fraction of sp³-hybridized carbons (Fsp3) is 0.538. The van der Waals surface area contributed by atoms with Crippen molar-refractivity contribution >= 4 is 5.97 Å². The number of aromatic nitrogens is 1. The summed E-state index contributed by atoms with van der Waals surface area (Å²) in [4.78, 5) is 26.9. The SMILES string of the molecule is COC(=O)c1c(C2CC2)[nH]c(C2CC2)cc1=O. The second kappa shape index (κ2) is 3.72. The van der Waals surface area contributed by atoms with Crippen molar-refractivity contribution in [2.24, 2.45) is 0 Å². The van der Waals surface area contributed by atoms with E-state index in [1.807, 2.05) is 0 Å². The van der Waals surface area contributed by atoms with Crippen LogP contribution in [0.4, 0.5) is 0 Å². The highest BCUT2D eigenvalue weighted by molar-refractivity contribution is 5.90. The van der Waals surface area contributed by atoms with E-state index >= 15 is 0 Å². The summed E-state index contributed by atoms with van der Waals surface area (Å²) in [5.41, 5.74) is 1.80. The Hall–Kier alpha value is -1.58. The molecular formula is C13H15NO3. The zero-order valence-electron chi connectivity index (χ0n) is 9.79. The summed E-state index contributed by atoms with van der Waals surface area (Å²) in [6, 6.07) is 1.57. The molecule has 0 aliphatic heterocycles. The fourth-order valence-electron chi connectivity index (χ4n) is 2.21. The molecule has 0 unspecified atom stereocenters. The molecule has 17 heavy (non-hydrogen) atoms. The summed E-state index contributed by atoms with van der Waals surface area (Å²) in [6.07, 6.45) is 4.37. The van der Waals surface area contributed by atoms with Crippen molar-refractivity contribution in [3.63, 3.8) is 0 Å². The Morgan fingerprint density at radius 1 is 1.29 bits per heavy atom. The van der Waals surface area contributed by atoms with Crippen LogP contribution >= 0.6 is 0 Å². The van der Waals surface area contributed by atoms with Crippen LogP contribution in [0.25, 0.3) is 0 Å². The van der Waals surface area contributed by atoms with E-state index < -0.39 is 5.97 Å². The molecule has 0 saturated heterocycles. The first-order valence-corrected chi connectivity index (χ1v) is 6.06. The van der Waals surface area contributed by atoms with E-state index in [9.17, 15) is 9.59 Å². The summed E-state index contributed by atoms with van der Waals surface area (Å²) in [5.74, 6) is 0.317. The van der Waals surface area contributed by atoms with E-state index in [4.69, 9.17) is 4.74 Å². The molecule has 90 valence electrons. The van der Waals surface area contributed by atoms with Gasteiger partial charge >= 0.3 is 5.97 Å². The third-order valence-electron chi connectivity index (χ3n) is 3.47. The van der Waals surface area contributed by atoms with Gasteiger partial charge in [0.15, 0.2) is 5.43 Å². The minimum Gasteiger partial charge on any atom is -0.465 e. The molecular weight excluding hydrogens is 218 g/mol. The standard InChI is InChI=1S/C13H15NO3/c1-17-13(16)11-10(15)6-9(7-2-3-7)14-12(11)8-4-5-8/h6-8H,2-5H2,1H3,(H,14,15). The minimum atomic E-state index is -0.518. The largest absolute Gasteiger partial charge is 0.465 e. The van der Waals surface area contributed by atoms with Crippen LogP contribution in [0.2, 0.25) is 0 Å². The maximum Gasteiger partial charge on any atom is 0.343 e. The number of carbonyl (C=O) groups excluding carboxylic acids is 1. The van der Waals surface area contributed by atoms with Crippen LogP contribution in [0.15, 0.2) is 10.9 Å². The molecule has 2 fully saturated rings. The first-order chi connectivity index (χ1) is 8.20. The molecule has 2 aliphatic rings. The topological polar surface area (TPSA) is 59.2 Å². The fourth-order valence-corrected chi connectivity index (χ4v) is 2.21. The molecule has 0 spiro atoms. The van der Waals surface area contributed by atoms with Crippen LogP contribution in [-0.4, -0.2) is 18.1 Å². The van der Waals surface area contributed by atoms with Crippen LogP contribution in [-0.2, 0) is 4.74 Å². The number of methoxy groups -OCH3 is 1. The number of carbonyl (C=O) groups is 1. The van der Waals surface area contributed by atoms with Crippen LogP contribution < -0.4 is 5.43 Å². The van der Waals surface area contributed by atoms with Gasteiger partial charge in [0.25, 0.3) is 0 Å². The third kappa shape index (κ3) is 1.88. The van der Waals surface area contributed by atoms with Crippen molar-refractivity contribution in [1.29, 1.82) is 0 Å². The zero-order valence-corrected chi connectivity index (χ0v) is 9.79. The zero-order chi connectivity index (χ0) is 12.0. The maximum absolute atomic E-state index is 12.0. The molecule has 0 amide bonds. The number of nitrogens with one attached hydrogen (secondary N) is 1. The first-order valence-electron chi connectivity index (χ1n) is 6.06. The molecule has 0 atom stereocenters. The van der Waals surface area contributed by atoms with Gasteiger partial charge in [-0.3, -0.25) is 4.79 Å². The molecule has 4 nitrogen and oxygen atoms in total. The highest BCUT2D eigenvalue weighted by atomic mass is 16.5. The van der Waals surface area contributed by atoms with Gasteiger partial charge in [-0.1, -0.05) is 0 Å². The molecule has 2 aliphatic carbocycles. The molecule has 2 saturated carbocycles. The van der Waals surface area contributed by atoms with E-state index in [0.29, 0.717) is 11.8 Å². The molecule has 4 heteroatoms. The number of aromatic amines is 1. The van der Waals surface area contributed by atoms with Crippen LogP contribution in [0.5, 0.6) is 0 Å². The van der Waals surface area contributed by atoms with E-state index in [2.05, 4.69) is 4.98 Å². The monoisotopic (exact) mass is 233 g/mol. The summed E-state index contributed by atoms with van der Waals surface area (Å²) >= 11 is 0. The normalized spacial score (nSPS) is 19.1. The first kappa shape index (κ1) is 10.6. The van der Waals surface area contributed by atoms with E-state index in [-0.39, 0.29) is 11.0 Å². The van der Waals surface area contributed by atoms with Gasteiger partial charge in [-0.05, 0) is 31.6 Å². The van der Waals surface area contributed by atoms with Crippen molar-refractivity contribution in [3.8, 4) is 0 Å². The van der Waals surface area contributed by atoms with Gasteiger partial charge in [-0.15, -0.1) is 0 Å². The quantitative estimate of drug-likeness (QED) is 0.811. The molecule has 0 bridgehead atoms. The molecule has 3 rings (SSSR count). The van der Waals surface area contributed by atoms with E-state index in [1.165, 1.54) is 7.11 Å². The number of rotatable bonds is 3. The molecule has 0 aromatic carbocycles. The Labute approximate surface area is 99.0 Å². The number of hydrogen-bond acceptors (Lipinski definition) is 3. The molecule has 1 aromatic rings. The van der Waals surface area contributed by atoms with Gasteiger partial charge in [0.2, 0.25) is 0 Å². The lowest BCUT2D eigenvalue weighted by atomic mass is 10.1. The minimum absolute atomic E-state index is 0.195. The second-order valence-corrected chi connectivity index (χ2v) is 4.92. The third-order valence-corrected chi connectivity index (χ3v) is 3.47. The predicted octanol–water partition coefficient (Wildman–Crippen LogP) is 1.92. The highest BCUT2D eigenvalue weighted by Gasteiger charge is 2.33. The predicted molar refractivity (Wildman–Crippen MR) is 62.4 cm³/mol. The lowest BCUT2D eigenvalue weighted by Gasteiger charge is -2.09. The van der Waals surface area contributed by atoms with Crippen molar-refractivity contribution in [3.05, 3.63) is 33.2 Å². The Morgan fingerprint density at radius 3 is 2.47 bits per heavy atom. The van der Waals surface area contributed by atoms with Gasteiger partial charge in [0.05, 0.1) is 7.11 Å². The summed E-state index contributed by atoms with van der Waals surface area (Å²) < 4.78 is 4.69. The summed E-state index contributed by atoms with van der Waals surface area (Å²) in [5, 5.41) is 0. The Balaban J connectivity index is 2.12.